The Labute approximate surface area is 121 Å². The molecule has 0 amide bonds. The van der Waals surface area contributed by atoms with Gasteiger partial charge in [-0.3, -0.25) is 4.99 Å². The van der Waals surface area contributed by atoms with Crippen LogP contribution >= 0.6 is 22.9 Å². The number of fused-ring (bicyclic) bond motifs is 1. The third-order valence-electron chi connectivity index (χ3n) is 3.74. The zero-order valence-electron chi connectivity index (χ0n) is 11.0. The molecule has 2 aromatic rings. The van der Waals surface area contributed by atoms with Crippen molar-refractivity contribution in [1.82, 2.24) is 9.88 Å². The molecule has 1 N–H and O–H groups in total. The normalized spacial score (nSPS) is 18.3. The molecule has 5 heteroatoms. The minimum Gasteiger partial charge on any atom is -0.317 e. The molecule has 0 unspecified atom stereocenters. The first kappa shape index (κ1) is 13.2. The van der Waals surface area contributed by atoms with Crippen molar-refractivity contribution in [2.45, 2.75) is 19.4 Å². The van der Waals surface area contributed by atoms with Crippen molar-refractivity contribution in [3.05, 3.63) is 28.0 Å². The van der Waals surface area contributed by atoms with Crippen LogP contribution in [-0.2, 0) is 6.54 Å². The second-order valence-corrected chi connectivity index (χ2v) is 6.47. The molecule has 0 aliphatic carbocycles. The van der Waals surface area contributed by atoms with Crippen LogP contribution in [0.15, 0.2) is 23.2 Å². The molecule has 0 spiro atoms. The topological polar surface area (TPSA) is 29.3 Å². The fourth-order valence-corrected chi connectivity index (χ4v) is 3.99. The zero-order chi connectivity index (χ0) is 13.2. The van der Waals surface area contributed by atoms with Gasteiger partial charge in [0.1, 0.15) is 0 Å². The van der Waals surface area contributed by atoms with E-state index in [-0.39, 0.29) is 0 Å². The molecule has 1 aromatic carbocycles. The maximum atomic E-state index is 6.07. The number of piperidine rings is 1. The fraction of sp³-hybridized carbons (Fsp3) is 0.500. The van der Waals surface area contributed by atoms with Crippen molar-refractivity contribution in [2.24, 2.45) is 10.9 Å². The second kappa shape index (κ2) is 5.65. The molecule has 102 valence electrons. The average Bonchev–Trinajstić information content (AvgIpc) is 2.77. The summed E-state index contributed by atoms with van der Waals surface area (Å²) in [6.07, 6.45) is 2.50. The monoisotopic (exact) mass is 295 g/mol. The Hall–Kier alpha value is -0.840. The van der Waals surface area contributed by atoms with Gasteiger partial charge in [-0.25, -0.2) is 0 Å². The van der Waals surface area contributed by atoms with Crippen LogP contribution in [0, 0.1) is 5.92 Å². The van der Waals surface area contributed by atoms with Crippen molar-refractivity contribution in [2.75, 3.05) is 20.1 Å². The van der Waals surface area contributed by atoms with Gasteiger partial charge in [0.2, 0.25) is 0 Å². The molecule has 1 saturated heterocycles. The number of aromatic nitrogens is 1. The van der Waals surface area contributed by atoms with Crippen LogP contribution in [0.5, 0.6) is 0 Å². The van der Waals surface area contributed by atoms with Gasteiger partial charge in [-0.05, 0) is 50.0 Å². The van der Waals surface area contributed by atoms with Gasteiger partial charge >= 0.3 is 0 Å². The maximum Gasteiger partial charge on any atom is 0.185 e. The number of nitrogens with zero attached hydrogens (tertiary/aromatic N) is 2. The number of halogens is 1. The highest BCUT2D eigenvalue weighted by atomic mass is 35.5. The van der Waals surface area contributed by atoms with E-state index in [1.165, 1.54) is 23.1 Å². The predicted octanol–water partition coefficient (Wildman–Crippen LogP) is 2.89. The first-order chi connectivity index (χ1) is 9.28. The first-order valence-corrected chi connectivity index (χ1v) is 7.90. The Morgan fingerprint density at radius 2 is 2.21 bits per heavy atom. The van der Waals surface area contributed by atoms with E-state index in [4.69, 9.17) is 11.6 Å². The number of benzene rings is 1. The summed E-state index contributed by atoms with van der Waals surface area (Å²) in [5.74, 6) is 0.750. The second-order valence-electron chi connectivity index (χ2n) is 5.02. The molecule has 0 atom stereocenters. The Morgan fingerprint density at radius 1 is 1.42 bits per heavy atom. The lowest BCUT2D eigenvalue weighted by atomic mass is 9.98. The molecule has 0 radical (unpaired) electrons. The van der Waals surface area contributed by atoms with Gasteiger partial charge in [-0.1, -0.05) is 22.9 Å². The van der Waals surface area contributed by atoms with E-state index in [0.717, 1.165) is 35.4 Å². The summed E-state index contributed by atoms with van der Waals surface area (Å²) in [7, 11) is 1.87. The SMILES string of the molecule is CN=c1sc2cc(Cl)ccc2n1CC1CCNCC1. The molecule has 1 aromatic heterocycles. The van der Waals surface area contributed by atoms with Gasteiger partial charge in [0.25, 0.3) is 0 Å². The molecule has 3 rings (SSSR count). The maximum absolute atomic E-state index is 6.07. The van der Waals surface area contributed by atoms with E-state index in [1.807, 2.05) is 19.2 Å². The van der Waals surface area contributed by atoms with Crippen LogP contribution in [0.1, 0.15) is 12.8 Å². The zero-order valence-corrected chi connectivity index (χ0v) is 12.6. The number of hydrogen-bond donors (Lipinski definition) is 1. The summed E-state index contributed by atoms with van der Waals surface area (Å²) in [6, 6.07) is 6.12. The molecular weight excluding hydrogens is 278 g/mol. The minimum atomic E-state index is 0.750. The number of rotatable bonds is 2. The molecule has 1 aliphatic rings. The summed E-state index contributed by atoms with van der Waals surface area (Å²) in [5, 5.41) is 4.22. The van der Waals surface area contributed by atoms with Gasteiger partial charge in [0.05, 0.1) is 10.2 Å². The Kier molecular flexibility index (Phi) is 3.91. The summed E-state index contributed by atoms with van der Waals surface area (Å²) >= 11 is 7.80. The van der Waals surface area contributed by atoms with E-state index in [0.29, 0.717) is 0 Å². The van der Waals surface area contributed by atoms with E-state index in [2.05, 4.69) is 20.9 Å². The molecule has 0 bridgehead atoms. The van der Waals surface area contributed by atoms with E-state index in [1.54, 1.807) is 11.3 Å². The van der Waals surface area contributed by atoms with Gasteiger partial charge in [0, 0.05) is 18.6 Å². The Balaban J connectivity index is 2.01. The smallest absolute Gasteiger partial charge is 0.185 e. The van der Waals surface area contributed by atoms with Crippen molar-refractivity contribution < 1.29 is 0 Å². The fourth-order valence-electron chi connectivity index (χ4n) is 2.71. The summed E-state index contributed by atoms with van der Waals surface area (Å²) in [5.41, 5.74) is 1.26. The van der Waals surface area contributed by atoms with Crippen molar-refractivity contribution in [3.8, 4) is 0 Å². The summed E-state index contributed by atoms with van der Waals surface area (Å²) < 4.78 is 3.58. The van der Waals surface area contributed by atoms with Crippen molar-refractivity contribution in [3.63, 3.8) is 0 Å². The van der Waals surface area contributed by atoms with E-state index < -0.39 is 0 Å². The lowest BCUT2D eigenvalue weighted by Crippen LogP contribution is -2.31. The summed E-state index contributed by atoms with van der Waals surface area (Å²) in [6.45, 7) is 3.34. The highest BCUT2D eigenvalue weighted by molar-refractivity contribution is 7.16. The molecule has 3 nitrogen and oxygen atoms in total. The highest BCUT2D eigenvalue weighted by Crippen LogP contribution is 2.24. The average molecular weight is 296 g/mol. The Bertz CT molecular complexity index is 638. The van der Waals surface area contributed by atoms with Crippen LogP contribution in [-0.4, -0.2) is 24.7 Å². The van der Waals surface area contributed by atoms with E-state index >= 15 is 0 Å². The van der Waals surface area contributed by atoms with Crippen molar-refractivity contribution in [1.29, 1.82) is 0 Å². The Morgan fingerprint density at radius 3 is 2.95 bits per heavy atom. The summed E-state index contributed by atoms with van der Waals surface area (Å²) in [4.78, 5) is 5.52. The van der Waals surface area contributed by atoms with Crippen LogP contribution in [0.4, 0.5) is 0 Å². The highest BCUT2D eigenvalue weighted by Gasteiger charge is 2.16. The van der Waals surface area contributed by atoms with Gasteiger partial charge in [0.15, 0.2) is 4.80 Å². The van der Waals surface area contributed by atoms with Gasteiger partial charge in [-0.15, -0.1) is 0 Å². The molecule has 2 heterocycles. The standard InChI is InChI=1S/C14H18ClN3S/c1-16-14-18(9-10-4-6-17-7-5-10)12-3-2-11(15)8-13(12)19-14/h2-3,8,10,17H,4-7,9H2,1H3. The van der Waals surface area contributed by atoms with E-state index in [9.17, 15) is 0 Å². The van der Waals surface area contributed by atoms with Gasteiger partial charge in [-0.2, -0.15) is 0 Å². The number of hydrogen-bond acceptors (Lipinski definition) is 3. The molecule has 0 saturated carbocycles. The van der Waals surface area contributed by atoms with Crippen LogP contribution in [0.3, 0.4) is 0 Å². The third-order valence-corrected chi connectivity index (χ3v) is 5.10. The molecule has 1 aliphatic heterocycles. The quantitative estimate of drug-likeness (QED) is 0.907. The molecule has 1 fully saturated rings. The minimum absolute atomic E-state index is 0.750. The van der Waals surface area contributed by atoms with Crippen LogP contribution in [0.25, 0.3) is 10.2 Å². The molecular formula is C14H18ClN3S. The predicted molar refractivity (Wildman–Crippen MR) is 81.9 cm³/mol. The largest absolute Gasteiger partial charge is 0.317 e. The number of nitrogens with one attached hydrogen (secondary N) is 1. The first-order valence-electron chi connectivity index (χ1n) is 6.70. The molecule has 19 heavy (non-hydrogen) atoms. The van der Waals surface area contributed by atoms with Gasteiger partial charge < -0.3 is 9.88 Å². The lowest BCUT2D eigenvalue weighted by molar-refractivity contribution is 0.334. The van der Waals surface area contributed by atoms with Crippen molar-refractivity contribution >= 4 is 33.2 Å². The lowest BCUT2D eigenvalue weighted by Gasteiger charge is -2.23. The third kappa shape index (κ3) is 2.71. The van der Waals surface area contributed by atoms with Crippen LogP contribution < -0.4 is 10.1 Å². The number of thiazole rings is 1. The van der Waals surface area contributed by atoms with Crippen LogP contribution in [0.2, 0.25) is 5.02 Å².